The first-order valence-electron chi connectivity index (χ1n) is 9.78. The van der Waals surface area contributed by atoms with Gasteiger partial charge in [0.05, 0.1) is 18.2 Å². The van der Waals surface area contributed by atoms with Crippen LogP contribution in [-0.2, 0) is 0 Å². The number of likely N-dealkylation sites (tertiary alicyclic amines) is 1. The Hall–Kier alpha value is -1.30. The lowest BCUT2D eigenvalue weighted by Crippen LogP contribution is -2.54. The molecule has 1 saturated heterocycles. The molecule has 1 atom stereocenters. The number of halogens is 1. The maximum absolute atomic E-state index is 12.5. The van der Waals surface area contributed by atoms with Crippen molar-refractivity contribution < 1.29 is 9.90 Å². The molecule has 144 valence electrons. The Kier molecular flexibility index (Phi) is 6.79. The van der Waals surface area contributed by atoms with Crippen LogP contribution in [0.1, 0.15) is 56.6 Å². The van der Waals surface area contributed by atoms with Crippen molar-refractivity contribution in [2.24, 2.45) is 0 Å². The second-order valence-electron chi connectivity index (χ2n) is 7.64. The first kappa shape index (κ1) is 19.5. The van der Waals surface area contributed by atoms with Crippen LogP contribution >= 0.6 is 11.6 Å². The third-order valence-corrected chi connectivity index (χ3v) is 6.04. The first-order chi connectivity index (χ1) is 12.6. The van der Waals surface area contributed by atoms with E-state index >= 15 is 0 Å². The van der Waals surface area contributed by atoms with Crippen LogP contribution in [0.4, 0.5) is 4.79 Å². The van der Waals surface area contributed by atoms with Crippen LogP contribution in [0.15, 0.2) is 24.3 Å². The summed E-state index contributed by atoms with van der Waals surface area (Å²) in [5.41, 5.74) is 0.736. The number of hydrogen-bond acceptors (Lipinski definition) is 3. The maximum Gasteiger partial charge on any atom is 0.315 e. The summed E-state index contributed by atoms with van der Waals surface area (Å²) in [6, 6.07) is 7.88. The number of nitrogens with zero attached hydrogens (tertiary/aromatic N) is 1. The molecular weight excluding hydrogens is 350 g/mol. The summed E-state index contributed by atoms with van der Waals surface area (Å²) in [6.07, 6.45) is 7.49. The minimum atomic E-state index is -0.440. The van der Waals surface area contributed by atoms with Gasteiger partial charge in [-0.3, -0.25) is 4.90 Å². The Bertz CT molecular complexity index is 581. The Balaban J connectivity index is 1.63. The van der Waals surface area contributed by atoms with Gasteiger partial charge in [-0.15, -0.1) is 0 Å². The van der Waals surface area contributed by atoms with Crippen LogP contribution in [0.2, 0.25) is 5.02 Å². The molecule has 1 aromatic rings. The summed E-state index contributed by atoms with van der Waals surface area (Å²) in [5.74, 6) is 0. The quantitative estimate of drug-likeness (QED) is 0.709. The number of amides is 2. The smallest absolute Gasteiger partial charge is 0.315 e. The standard InChI is InChI=1S/C20H30ClN3O2/c21-17-8-6-16(7-9-17)18(24-12-4-1-5-13-24)14-22-19(26)23-20(15-25)10-2-3-11-20/h6-9,18,25H,1-5,10-15H2,(H2,22,23,26)/t18-/m0/s1. The summed E-state index contributed by atoms with van der Waals surface area (Å²) in [4.78, 5) is 14.9. The monoisotopic (exact) mass is 379 g/mol. The highest BCUT2D eigenvalue weighted by atomic mass is 35.5. The van der Waals surface area contributed by atoms with Gasteiger partial charge in [0, 0.05) is 11.6 Å². The van der Waals surface area contributed by atoms with Gasteiger partial charge in [-0.1, -0.05) is 43.0 Å². The molecular formula is C20H30ClN3O2. The number of aliphatic hydroxyl groups excluding tert-OH is 1. The number of hydrogen-bond donors (Lipinski definition) is 3. The molecule has 2 fully saturated rings. The van der Waals surface area contributed by atoms with Gasteiger partial charge >= 0.3 is 6.03 Å². The summed E-state index contributed by atoms with van der Waals surface area (Å²) in [5, 5.41) is 16.5. The molecule has 26 heavy (non-hydrogen) atoms. The average Bonchev–Trinajstić information content (AvgIpc) is 3.13. The van der Waals surface area contributed by atoms with Crippen molar-refractivity contribution in [3.8, 4) is 0 Å². The summed E-state index contributed by atoms with van der Waals surface area (Å²) >= 11 is 6.04. The van der Waals surface area contributed by atoms with Crippen molar-refractivity contribution in [2.75, 3.05) is 26.2 Å². The van der Waals surface area contributed by atoms with Gasteiger partial charge in [0.2, 0.25) is 0 Å². The van der Waals surface area contributed by atoms with Gasteiger partial charge in [-0.25, -0.2) is 4.79 Å². The molecule has 1 heterocycles. The molecule has 0 spiro atoms. The molecule has 0 bridgehead atoms. The largest absolute Gasteiger partial charge is 0.394 e. The van der Waals surface area contributed by atoms with Crippen molar-refractivity contribution in [3.05, 3.63) is 34.9 Å². The van der Waals surface area contributed by atoms with Crippen LogP contribution in [0.25, 0.3) is 0 Å². The average molecular weight is 380 g/mol. The van der Waals surface area contributed by atoms with Crippen LogP contribution in [0, 0.1) is 0 Å². The SMILES string of the molecule is O=C(NC[C@@H](c1ccc(Cl)cc1)N1CCCCC1)NC1(CO)CCCC1. The van der Waals surface area contributed by atoms with E-state index < -0.39 is 5.54 Å². The maximum atomic E-state index is 12.5. The number of carbonyl (C=O) groups is 1. The number of benzene rings is 1. The number of carbonyl (C=O) groups excluding carboxylic acids is 1. The second-order valence-corrected chi connectivity index (χ2v) is 8.08. The molecule has 0 radical (unpaired) electrons. The van der Waals surface area contributed by atoms with E-state index in [4.69, 9.17) is 11.6 Å². The normalized spacial score (nSPS) is 21.3. The van der Waals surface area contributed by atoms with Gasteiger partial charge in [-0.05, 0) is 56.5 Å². The predicted molar refractivity (Wildman–Crippen MR) is 104 cm³/mol. The third-order valence-electron chi connectivity index (χ3n) is 5.78. The van der Waals surface area contributed by atoms with Crippen molar-refractivity contribution in [2.45, 2.75) is 56.5 Å². The molecule has 1 aliphatic heterocycles. The van der Waals surface area contributed by atoms with E-state index in [9.17, 15) is 9.90 Å². The fraction of sp³-hybridized carbons (Fsp3) is 0.650. The number of piperidine rings is 1. The predicted octanol–water partition coefficient (Wildman–Crippen LogP) is 3.47. The van der Waals surface area contributed by atoms with E-state index in [0.29, 0.717) is 6.54 Å². The minimum absolute atomic E-state index is 0.00710. The lowest BCUT2D eigenvalue weighted by molar-refractivity contribution is 0.150. The third kappa shape index (κ3) is 4.90. The molecule has 0 unspecified atom stereocenters. The number of urea groups is 1. The van der Waals surface area contributed by atoms with E-state index in [-0.39, 0.29) is 18.7 Å². The van der Waals surface area contributed by atoms with Crippen LogP contribution in [-0.4, -0.2) is 47.8 Å². The number of aliphatic hydroxyl groups is 1. The van der Waals surface area contributed by atoms with Crippen LogP contribution < -0.4 is 10.6 Å². The molecule has 3 rings (SSSR count). The van der Waals surface area contributed by atoms with Crippen molar-refractivity contribution in [3.63, 3.8) is 0 Å². The van der Waals surface area contributed by atoms with Crippen LogP contribution in [0.5, 0.6) is 0 Å². The lowest BCUT2D eigenvalue weighted by Gasteiger charge is -2.35. The zero-order valence-electron chi connectivity index (χ0n) is 15.3. The van der Waals surface area contributed by atoms with Crippen molar-refractivity contribution in [1.82, 2.24) is 15.5 Å². The summed E-state index contributed by atoms with van der Waals surface area (Å²) in [7, 11) is 0. The Morgan fingerprint density at radius 3 is 2.38 bits per heavy atom. The van der Waals surface area contributed by atoms with E-state index in [2.05, 4.69) is 15.5 Å². The molecule has 2 aliphatic rings. The number of rotatable bonds is 6. The zero-order valence-corrected chi connectivity index (χ0v) is 16.1. The highest BCUT2D eigenvalue weighted by Gasteiger charge is 2.34. The van der Waals surface area contributed by atoms with Gasteiger partial charge in [0.15, 0.2) is 0 Å². The van der Waals surface area contributed by atoms with E-state index in [1.807, 2.05) is 24.3 Å². The highest BCUT2D eigenvalue weighted by molar-refractivity contribution is 6.30. The molecule has 6 heteroatoms. The zero-order chi connectivity index (χ0) is 18.4. The topological polar surface area (TPSA) is 64.6 Å². The fourth-order valence-corrected chi connectivity index (χ4v) is 4.35. The Morgan fingerprint density at radius 1 is 1.12 bits per heavy atom. The van der Waals surface area contributed by atoms with Gasteiger partial charge in [-0.2, -0.15) is 0 Å². The summed E-state index contributed by atoms with van der Waals surface area (Å²) in [6.45, 7) is 2.66. The lowest BCUT2D eigenvalue weighted by atomic mass is 9.99. The Morgan fingerprint density at radius 2 is 1.77 bits per heavy atom. The van der Waals surface area contributed by atoms with Crippen molar-refractivity contribution in [1.29, 1.82) is 0 Å². The Labute approximate surface area is 161 Å². The molecule has 1 aliphatic carbocycles. The molecule has 3 N–H and O–H groups in total. The minimum Gasteiger partial charge on any atom is -0.394 e. The van der Waals surface area contributed by atoms with Crippen LogP contribution in [0.3, 0.4) is 0 Å². The highest BCUT2D eigenvalue weighted by Crippen LogP contribution is 2.29. The second kappa shape index (κ2) is 9.07. The van der Waals surface area contributed by atoms with Gasteiger partial charge < -0.3 is 15.7 Å². The van der Waals surface area contributed by atoms with Gasteiger partial charge in [0.25, 0.3) is 0 Å². The summed E-state index contributed by atoms with van der Waals surface area (Å²) < 4.78 is 0. The molecule has 1 aromatic carbocycles. The first-order valence-corrected chi connectivity index (χ1v) is 10.2. The number of nitrogens with one attached hydrogen (secondary N) is 2. The molecule has 0 aromatic heterocycles. The van der Waals surface area contributed by atoms with E-state index in [1.165, 1.54) is 24.8 Å². The van der Waals surface area contributed by atoms with Gasteiger partial charge in [0.1, 0.15) is 0 Å². The fourth-order valence-electron chi connectivity index (χ4n) is 4.22. The van der Waals surface area contributed by atoms with E-state index in [0.717, 1.165) is 43.8 Å². The molecule has 2 amide bonds. The van der Waals surface area contributed by atoms with E-state index in [1.54, 1.807) is 0 Å². The van der Waals surface area contributed by atoms with Crippen molar-refractivity contribution >= 4 is 17.6 Å². The molecule has 1 saturated carbocycles. The molecule has 5 nitrogen and oxygen atoms in total.